The van der Waals surface area contributed by atoms with Gasteiger partial charge in [0.15, 0.2) is 0 Å². The second-order valence-electron chi connectivity index (χ2n) is 4.75. The van der Waals surface area contributed by atoms with Gasteiger partial charge in [-0.15, -0.1) is 0 Å². The first kappa shape index (κ1) is 13.8. The van der Waals surface area contributed by atoms with Crippen molar-refractivity contribution in [3.63, 3.8) is 0 Å². The SMILES string of the molecule is Cc1ccc(-n2nc(C)c(S(N)(=O)=O)c2C)c(C)c1. The molecule has 0 spiro atoms. The number of rotatable bonds is 2. The monoisotopic (exact) mass is 279 g/mol. The lowest BCUT2D eigenvalue weighted by Gasteiger charge is -2.09. The van der Waals surface area contributed by atoms with E-state index in [9.17, 15) is 8.42 Å². The molecule has 1 aromatic carbocycles. The van der Waals surface area contributed by atoms with Crippen molar-refractivity contribution in [1.29, 1.82) is 0 Å². The van der Waals surface area contributed by atoms with E-state index < -0.39 is 10.0 Å². The van der Waals surface area contributed by atoms with E-state index in [1.807, 2.05) is 32.0 Å². The maximum atomic E-state index is 11.6. The molecule has 2 N–H and O–H groups in total. The molecule has 5 nitrogen and oxygen atoms in total. The third kappa shape index (κ3) is 2.41. The molecule has 0 radical (unpaired) electrons. The number of benzene rings is 1. The molecule has 2 rings (SSSR count). The van der Waals surface area contributed by atoms with Gasteiger partial charge < -0.3 is 0 Å². The van der Waals surface area contributed by atoms with Crippen LogP contribution in [0, 0.1) is 27.7 Å². The molecule has 0 amide bonds. The average molecular weight is 279 g/mol. The molecule has 0 saturated heterocycles. The molecule has 102 valence electrons. The maximum Gasteiger partial charge on any atom is 0.241 e. The van der Waals surface area contributed by atoms with Gasteiger partial charge in [0.25, 0.3) is 0 Å². The Balaban J connectivity index is 2.72. The van der Waals surface area contributed by atoms with Crippen LogP contribution in [-0.4, -0.2) is 18.2 Å². The summed E-state index contributed by atoms with van der Waals surface area (Å²) < 4.78 is 24.8. The van der Waals surface area contributed by atoms with Crippen molar-refractivity contribution in [2.24, 2.45) is 5.14 Å². The van der Waals surface area contributed by atoms with Gasteiger partial charge >= 0.3 is 0 Å². The van der Waals surface area contributed by atoms with E-state index in [1.54, 1.807) is 18.5 Å². The number of hydrogen-bond donors (Lipinski definition) is 1. The predicted molar refractivity (Wildman–Crippen MR) is 73.9 cm³/mol. The Kier molecular flexibility index (Phi) is 3.24. The molecule has 0 aliphatic heterocycles. The summed E-state index contributed by atoms with van der Waals surface area (Å²) >= 11 is 0. The number of hydrogen-bond acceptors (Lipinski definition) is 3. The zero-order valence-corrected chi connectivity index (χ0v) is 12.2. The average Bonchev–Trinajstić information content (AvgIpc) is 2.53. The van der Waals surface area contributed by atoms with Gasteiger partial charge in [0.05, 0.1) is 17.1 Å². The van der Waals surface area contributed by atoms with Gasteiger partial charge in [-0.25, -0.2) is 18.2 Å². The number of nitrogens with two attached hydrogens (primary N) is 1. The lowest BCUT2D eigenvalue weighted by Crippen LogP contribution is -2.14. The van der Waals surface area contributed by atoms with Crippen LogP contribution in [0.3, 0.4) is 0 Å². The Labute approximate surface area is 113 Å². The van der Waals surface area contributed by atoms with Crippen LogP contribution in [0.4, 0.5) is 0 Å². The Hall–Kier alpha value is -1.66. The molecular weight excluding hydrogens is 262 g/mol. The molecule has 1 aromatic heterocycles. The minimum atomic E-state index is -3.76. The van der Waals surface area contributed by atoms with E-state index in [1.165, 1.54) is 0 Å². The fourth-order valence-corrected chi connectivity index (χ4v) is 3.27. The molecule has 0 aliphatic carbocycles. The topological polar surface area (TPSA) is 78.0 Å². The molecule has 0 unspecified atom stereocenters. The molecule has 1 heterocycles. The summed E-state index contributed by atoms with van der Waals surface area (Å²) in [4.78, 5) is 0.104. The molecule has 0 bridgehead atoms. The van der Waals surface area contributed by atoms with Crippen molar-refractivity contribution >= 4 is 10.0 Å². The first-order valence-corrected chi connectivity index (χ1v) is 7.43. The second-order valence-corrected chi connectivity index (χ2v) is 6.24. The van der Waals surface area contributed by atoms with Gasteiger partial charge in [-0.05, 0) is 39.3 Å². The Morgan fingerprint density at radius 3 is 2.26 bits per heavy atom. The van der Waals surface area contributed by atoms with E-state index in [2.05, 4.69) is 5.10 Å². The summed E-state index contributed by atoms with van der Waals surface area (Å²) in [5.74, 6) is 0. The van der Waals surface area contributed by atoms with Crippen molar-refractivity contribution in [2.45, 2.75) is 32.6 Å². The van der Waals surface area contributed by atoms with Crippen molar-refractivity contribution in [2.75, 3.05) is 0 Å². The van der Waals surface area contributed by atoms with Gasteiger partial charge in [0.1, 0.15) is 4.90 Å². The number of primary sulfonamides is 1. The Morgan fingerprint density at radius 2 is 1.79 bits per heavy atom. The number of aryl methyl sites for hydroxylation is 3. The minimum absolute atomic E-state index is 0.104. The zero-order chi connectivity index (χ0) is 14.4. The summed E-state index contributed by atoms with van der Waals surface area (Å²) in [5.41, 5.74) is 3.99. The van der Waals surface area contributed by atoms with Crippen LogP contribution in [0.25, 0.3) is 5.69 Å². The number of sulfonamides is 1. The fraction of sp³-hybridized carbons (Fsp3) is 0.308. The van der Waals surface area contributed by atoms with Crippen molar-refractivity contribution in [3.05, 3.63) is 40.7 Å². The highest BCUT2D eigenvalue weighted by Crippen LogP contribution is 2.23. The van der Waals surface area contributed by atoms with Gasteiger partial charge in [0, 0.05) is 0 Å². The van der Waals surface area contributed by atoms with Crippen LogP contribution in [-0.2, 0) is 10.0 Å². The zero-order valence-electron chi connectivity index (χ0n) is 11.4. The normalized spacial score (nSPS) is 11.8. The van der Waals surface area contributed by atoms with Gasteiger partial charge in [-0.3, -0.25) is 0 Å². The number of nitrogens with zero attached hydrogens (tertiary/aromatic N) is 2. The second kappa shape index (κ2) is 4.47. The van der Waals surface area contributed by atoms with Crippen LogP contribution in [0.2, 0.25) is 0 Å². The standard InChI is InChI=1S/C13H17N3O2S/c1-8-5-6-12(9(2)7-8)16-11(4)13(10(3)15-16)19(14,17)18/h5-7H,1-4H3,(H2,14,17,18). The Bertz CT molecular complexity index is 745. The lowest BCUT2D eigenvalue weighted by molar-refractivity contribution is 0.596. The van der Waals surface area contributed by atoms with Crippen LogP contribution < -0.4 is 5.14 Å². The summed E-state index contributed by atoms with van der Waals surface area (Å²) in [7, 11) is -3.76. The van der Waals surface area contributed by atoms with Crippen LogP contribution in [0.1, 0.15) is 22.5 Å². The molecule has 0 saturated carbocycles. The summed E-state index contributed by atoms with van der Waals surface area (Å²) in [6, 6.07) is 5.93. The summed E-state index contributed by atoms with van der Waals surface area (Å²) in [6.45, 7) is 7.33. The third-order valence-corrected chi connectivity index (χ3v) is 4.25. The van der Waals surface area contributed by atoms with Gasteiger partial charge in [-0.2, -0.15) is 5.10 Å². The van der Waals surface area contributed by atoms with E-state index in [-0.39, 0.29) is 4.90 Å². The van der Waals surface area contributed by atoms with E-state index in [0.717, 1.165) is 16.8 Å². The highest BCUT2D eigenvalue weighted by atomic mass is 32.2. The number of aromatic nitrogens is 2. The predicted octanol–water partition coefficient (Wildman–Crippen LogP) is 1.75. The maximum absolute atomic E-state index is 11.6. The molecule has 2 aromatic rings. The molecular formula is C13H17N3O2S. The summed E-state index contributed by atoms with van der Waals surface area (Å²) in [5, 5.41) is 9.53. The van der Waals surface area contributed by atoms with Crippen molar-refractivity contribution in [1.82, 2.24) is 9.78 Å². The van der Waals surface area contributed by atoms with E-state index >= 15 is 0 Å². The van der Waals surface area contributed by atoms with Gasteiger partial charge in [-0.1, -0.05) is 17.7 Å². The van der Waals surface area contributed by atoms with Crippen molar-refractivity contribution in [3.8, 4) is 5.69 Å². The fourth-order valence-electron chi connectivity index (χ4n) is 2.32. The lowest BCUT2D eigenvalue weighted by atomic mass is 10.1. The summed E-state index contributed by atoms with van der Waals surface area (Å²) in [6.07, 6.45) is 0. The molecule has 19 heavy (non-hydrogen) atoms. The van der Waals surface area contributed by atoms with Crippen LogP contribution >= 0.6 is 0 Å². The Morgan fingerprint density at radius 1 is 1.16 bits per heavy atom. The molecule has 0 aliphatic rings. The smallest absolute Gasteiger partial charge is 0.236 e. The molecule has 6 heteroatoms. The first-order valence-electron chi connectivity index (χ1n) is 5.88. The molecule has 0 fully saturated rings. The highest BCUT2D eigenvalue weighted by Gasteiger charge is 2.22. The van der Waals surface area contributed by atoms with Gasteiger partial charge in [0.2, 0.25) is 10.0 Å². The first-order chi connectivity index (χ1) is 8.71. The van der Waals surface area contributed by atoms with Crippen LogP contribution in [0.15, 0.2) is 23.1 Å². The van der Waals surface area contributed by atoms with E-state index in [0.29, 0.717) is 11.4 Å². The quantitative estimate of drug-likeness (QED) is 0.909. The third-order valence-electron chi connectivity index (χ3n) is 3.09. The van der Waals surface area contributed by atoms with Crippen molar-refractivity contribution < 1.29 is 8.42 Å². The molecule has 0 atom stereocenters. The van der Waals surface area contributed by atoms with E-state index in [4.69, 9.17) is 5.14 Å². The largest absolute Gasteiger partial charge is 0.241 e. The minimum Gasteiger partial charge on any atom is -0.236 e. The van der Waals surface area contributed by atoms with Crippen LogP contribution in [0.5, 0.6) is 0 Å². The highest BCUT2D eigenvalue weighted by molar-refractivity contribution is 7.89.